The van der Waals surface area contributed by atoms with Crippen LogP contribution in [0.3, 0.4) is 0 Å². The SMILES string of the molecule is CNCC(C)CCC1CCCC1. The minimum atomic E-state index is 0.871. The highest BCUT2D eigenvalue weighted by Gasteiger charge is 2.15. The minimum absolute atomic E-state index is 0.871. The Morgan fingerprint density at radius 3 is 2.58 bits per heavy atom. The lowest BCUT2D eigenvalue weighted by Gasteiger charge is -2.13. The summed E-state index contributed by atoms with van der Waals surface area (Å²) in [6.45, 7) is 3.54. The number of nitrogens with one attached hydrogen (secondary N) is 1. The molecule has 1 N–H and O–H groups in total. The second kappa shape index (κ2) is 5.58. The van der Waals surface area contributed by atoms with E-state index in [-0.39, 0.29) is 0 Å². The summed E-state index contributed by atoms with van der Waals surface area (Å²) in [6, 6.07) is 0. The van der Waals surface area contributed by atoms with E-state index in [1.165, 1.54) is 45.1 Å². The molecule has 1 rings (SSSR count). The lowest BCUT2D eigenvalue weighted by Crippen LogP contribution is -2.16. The van der Waals surface area contributed by atoms with Gasteiger partial charge in [0.25, 0.3) is 0 Å². The van der Waals surface area contributed by atoms with Crippen LogP contribution in [0.2, 0.25) is 0 Å². The topological polar surface area (TPSA) is 12.0 Å². The molecule has 1 fully saturated rings. The molecule has 0 radical (unpaired) electrons. The largest absolute Gasteiger partial charge is 0.319 e. The summed E-state index contributed by atoms with van der Waals surface area (Å²) >= 11 is 0. The van der Waals surface area contributed by atoms with Gasteiger partial charge in [-0.2, -0.15) is 0 Å². The van der Waals surface area contributed by atoms with Gasteiger partial charge in [-0.05, 0) is 31.8 Å². The summed E-state index contributed by atoms with van der Waals surface area (Å²) < 4.78 is 0. The van der Waals surface area contributed by atoms with Crippen LogP contribution in [-0.4, -0.2) is 13.6 Å². The Morgan fingerprint density at radius 2 is 2.00 bits per heavy atom. The molecule has 0 saturated heterocycles. The normalized spacial score (nSPS) is 21.5. The second-order valence-electron chi connectivity index (χ2n) is 4.39. The third kappa shape index (κ3) is 3.57. The highest BCUT2D eigenvalue weighted by Crippen LogP contribution is 2.29. The van der Waals surface area contributed by atoms with Gasteiger partial charge in [0.15, 0.2) is 0 Å². The molecule has 1 aliphatic carbocycles. The van der Waals surface area contributed by atoms with Gasteiger partial charge in [0, 0.05) is 0 Å². The Kier molecular flexibility index (Phi) is 4.67. The number of hydrogen-bond donors (Lipinski definition) is 1. The molecule has 12 heavy (non-hydrogen) atoms. The van der Waals surface area contributed by atoms with Crippen LogP contribution >= 0.6 is 0 Å². The monoisotopic (exact) mass is 169 g/mol. The van der Waals surface area contributed by atoms with E-state index in [0.717, 1.165) is 11.8 Å². The predicted molar refractivity (Wildman–Crippen MR) is 54.3 cm³/mol. The van der Waals surface area contributed by atoms with Crippen LogP contribution in [0.1, 0.15) is 45.4 Å². The van der Waals surface area contributed by atoms with Crippen molar-refractivity contribution < 1.29 is 0 Å². The quantitative estimate of drug-likeness (QED) is 0.667. The van der Waals surface area contributed by atoms with Crippen molar-refractivity contribution in [3.8, 4) is 0 Å². The first-order valence-corrected chi connectivity index (χ1v) is 5.47. The Balaban J connectivity index is 1.99. The molecule has 1 aliphatic rings. The zero-order chi connectivity index (χ0) is 8.81. The molecule has 0 spiro atoms. The fourth-order valence-electron chi connectivity index (χ4n) is 2.27. The lowest BCUT2D eigenvalue weighted by molar-refractivity contribution is 0.407. The summed E-state index contributed by atoms with van der Waals surface area (Å²) in [4.78, 5) is 0. The molecule has 0 aromatic rings. The van der Waals surface area contributed by atoms with E-state index < -0.39 is 0 Å². The van der Waals surface area contributed by atoms with Gasteiger partial charge in [-0.25, -0.2) is 0 Å². The number of hydrogen-bond acceptors (Lipinski definition) is 1. The van der Waals surface area contributed by atoms with Gasteiger partial charge in [0.2, 0.25) is 0 Å². The Morgan fingerprint density at radius 1 is 1.33 bits per heavy atom. The molecule has 1 nitrogen and oxygen atoms in total. The average molecular weight is 169 g/mol. The van der Waals surface area contributed by atoms with E-state index in [4.69, 9.17) is 0 Å². The average Bonchev–Trinajstić information content (AvgIpc) is 2.53. The van der Waals surface area contributed by atoms with E-state index in [0.29, 0.717) is 0 Å². The molecule has 1 atom stereocenters. The molecule has 1 saturated carbocycles. The third-order valence-electron chi connectivity index (χ3n) is 3.10. The van der Waals surface area contributed by atoms with Crippen molar-refractivity contribution in [1.29, 1.82) is 0 Å². The molecule has 0 aliphatic heterocycles. The Hall–Kier alpha value is -0.0400. The van der Waals surface area contributed by atoms with Crippen molar-refractivity contribution in [1.82, 2.24) is 5.32 Å². The van der Waals surface area contributed by atoms with E-state index in [2.05, 4.69) is 12.2 Å². The van der Waals surface area contributed by atoms with Gasteiger partial charge in [0.05, 0.1) is 0 Å². The summed E-state index contributed by atoms with van der Waals surface area (Å²) in [5.41, 5.74) is 0. The van der Waals surface area contributed by atoms with Crippen LogP contribution in [0.15, 0.2) is 0 Å². The van der Waals surface area contributed by atoms with Gasteiger partial charge >= 0.3 is 0 Å². The molecule has 72 valence electrons. The fourth-order valence-corrected chi connectivity index (χ4v) is 2.27. The van der Waals surface area contributed by atoms with Gasteiger partial charge in [-0.3, -0.25) is 0 Å². The van der Waals surface area contributed by atoms with Crippen molar-refractivity contribution in [3.63, 3.8) is 0 Å². The summed E-state index contributed by atoms with van der Waals surface area (Å²) in [6.07, 6.45) is 8.89. The maximum Gasteiger partial charge on any atom is -0.00262 e. The van der Waals surface area contributed by atoms with Crippen LogP contribution in [0.5, 0.6) is 0 Å². The maximum atomic E-state index is 3.24. The highest BCUT2D eigenvalue weighted by molar-refractivity contribution is 4.68. The molecule has 0 aromatic heterocycles. The lowest BCUT2D eigenvalue weighted by atomic mass is 9.96. The Labute approximate surface area is 76.9 Å². The van der Waals surface area contributed by atoms with E-state index >= 15 is 0 Å². The maximum absolute atomic E-state index is 3.24. The summed E-state index contributed by atoms with van der Waals surface area (Å²) in [5.74, 6) is 1.94. The molecular formula is C11H23N. The van der Waals surface area contributed by atoms with Gasteiger partial charge in [-0.1, -0.05) is 39.0 Å². The fraction of sp³-hybridized carbons (Fsp3) is 1.00. The molecule has 0 bridgehead atoms. The summed E-state index contributed by atoms with van der Waals surface area (Å²) in [5, 5.41) is 3.24. The first-order valence-electron chi connectivity index (χ1n) is 5.47. The van der Waals surface area contributed by atoms with Crippen molar-refractivity contribution >= 4 is 0 Å². The van der Waals surface area contributed by atoms with E-state index in [9.17, 15) is 0 Å². The summed E-state index contributed by atoms with van der Waals surface area (Å²) in [7, 11) is 2.05. The first kappa shape index (κ1) is 10.0. The van der Waals surface area contributed by atoms with Crippen molar-refractivity contribution in [2.24, 2.45) is 11.8 Å². The zero-order valence-electron chi connectivity index (χ0n) is 8.60. The standard InChI is InChI=1S/C11H23N/c1-10(9-12-2)7-8-11-5-3-4-6-11/h10-12H,3-9H2,1-2H3. The molecule has 0 aromatic carbocycles. The van der Waals surface area contributed by atoms with E-state index in [1.807, 2.05) is 7.05 Å². The van der Waals surface area contributed by atoms with Crippen molar-refractivity contribution in [2.45, 2.75) is 45.4 Å². The predicted octanol–water partition coefficient (Wildman–Crippen LogP) is 2.81. The molecular weight excluding hydrogens is 146 g/mol. The van der Waals surface area contributed by atoms with Crippen LogP contribution in [-0.2, 0) is 0 Å². The molecule has 1 heteroatoms. The second-order valence-corrected chi connectivity index (χ2v) is 4.39. The van der Waals surface area contributed by atoms with Crippen LogP contribution < -0.4 is 5.32 Å². The minimum Gasteiger partial charge on any atom is -0.319 e. The highest BCUT2D eigenvalue weighted by atomic mass is 14.8. The van der Waals surface area contributed by atoms with Crippen molar-refractivity contribution in [3.05, 3.63) is 0 Å². The Bertz CT molecular complexity index is 106. The van der Waals surface area contributed by atoms with Gasteiger partial charge in [0.1, 0.15) is 0 Å². The number of rotatable bonds is 5. The van der Waals surface area contributed by atoms with Gasteiger partial charge < -0.3 is 5.32 Å². The van der Waals surface area contributed by atoms with Crippen molar-refractivity contribution in [2.75, 3.05) is 13.6 Å². The van der Waals surface area contributed by atoms with Crippen LogP contribution in [0.4, 0.5) is 0 Å². The molecule has 1 unspecified atom stereocenters. The third-order valence-corrected chi connectivity index (χ3v) is 3.10. The molecule has 0 heterocycles. The first-order chi connectivity index (χ1) is 5.83. The van der Waals surface area contributed by atoms with E-state index in [1.54, 1.807) is 0 Å². The zero-order valence-corrected chi connectivity index (χ0v) is 8.60. The van der Waals surface area contributed by atoms with Crippen LogP contribution in [0.25, 0.3) is 0 Å². The van der Waals surface area contributed by atoms with Gasteiger partial charge in [-0.15, -0.1) is 0 Å². The van der Waals surface area contributed by atoms with Crippen LogP contribution in [0, 0.1) is 11.8 Å². The molecule has 0 amide bonds. The smallest absolute Gasteiger partial charge is 0.00262 e.